The highest BCUT2D eigenvalue weighted by atomic mass is 35.5. The molecule has 4 nitrogen and oxygen atoms in total. The van der Waals surface area contributed by atoms with E-state index in [1.54, 1.807) is 0 Å². The Balaban J connectivity index is 0.00000176. The molecule has 2 fully saturated rings. The summed E-state index contributed by atoms with van der Waals surface area (Å²) in [7, 11) is 0. The number of hydrogen-bond acceptors (Lipinski definition) is 3. The van der Waals surface area contributed by atoms with E-state index in [9.17, 15) is 9.90 Å². The maximum absolute atomic E-state index is 12.6. The van der Waals surface area contributed by atoms with E-state index in [0.29, 0.717) is 13.1 Å². The molecule has 2 atom stereocenters. The van der Waals surface area contributed by atoms with Crippen molar-refractivity contribution in [1.29, 1.82) is 0 Å². The van der Waals surface area contributed by atoms with E-state index < -0.39 is 0 Å². The standard InChI is InChI=1S/C17H24N2O2.ClH/c20-15-12-18-10-14(15)11-19-16(21)17(7-4-8-17)9-13-5-2-1-3-6-13;/h1-3,5-6,14-15,18,20H,4,7-12H2,(H,19,21);1H. The third kappa shape index (κ3) is 3.62. The van der Waals surface area contributed by atoms with Gasteiger partial charge in [-0.25, -0.2) is 0 Å². The number of amides is 1. The van der Waals surface area contributed by atoms with Crippen molar-refractivity contribution in [1.82, 2.24) is 10.6 Å². The van der Waals surface area contributed by atoms with Gasteiger partial charge in [0.1, 0.15) is 0 Å². The first kappa shape index (κ1) is 17.3. The van der Waals surface area contributed by atoms with Gasteiger partial charge in [-0.15, -0.1) is 12.4 Å². The topological polar surface area (TPSA) is 61.4 Å². The van der Waals surface area contributed by atoms with Gasteiger partial charge in [0, 0.05) is 25.6 Å². The number of carbonyl (C=O) groups excluding carboxylic acids is 1. The molecule has 1 aromatic carbocycles. The molecule has 3 N–H and O–H groups in total. The van der Waals surface area contributed by atoms with Gasteiger partial charge in [0.05, 0.1) is 11.5 Å². The maximum Gasteiger partial charge on any atom is 0.226 e. The minimum absolute atomic E-state index is 0. The Morgan fingerprint density at radius 1 is 1.27 bits per heavy atom. The summed E-state index contributed by atoms with van der Waals surface area (Å²) < 4.78 is 0. The van der Waals surface area contributed by atoms with Gasteiger partial charge in [0.15, 0.2) is 0 Å². The number of β-amino-alcohol motifs (C(OH)–C–C–N with tert-alkyl or cyclic N) is 1. The number of rotatable bonds is 5. The van der Waals surface area contributed by atoms with E-state index in [1.807, 2.05) is 18.2 Å². The molecule has 1 aliphatic heterocycles. The first-order chi connectivity index (χ1) is 10.2. The van der Waals surface area contributed by atoms with E-state index in [2.05, 4.69) is 22.8 Å². The van der Waals surface area contributed by atoms with Crippen LogP contribution in [0.15, 0.2) is 30.3 Å². The summed E-state index contributed by atoms with van der Waals surface area (Å²) in [5.74, 6) is 0.305. The largest absolute Gasteiger partial charge is 0.391 e. The Morgan fingerprint density at radius 2 is 2.00 bits per heavy atom. The normalized spacial score (nSPS) is 25.9. The van der Waals surface area contributed by atoms with Gasteiger partial charge in [0.25, 0.3) is 0 Å². The molecule has 1 saturated carbocycles. The zero-order valence-electron chi connectivity index (χ0n) is 12.8. The highest BCUT2D eigenvalue weighted by Crippen LogP contribution is 2.44. The summed E-state index contributed by atoms with van der Waals surface area (Å²) >= 11 is 0. The van der Waals surface area contributed by atoms with Gasteiger partial charge in [-0.3, -0.25) is 4.79 Å². The van der Waals surface area contributed by atoms with E-state index in [1.165, 1.54) is 5.56 Å². The molecule has 1 saturated heterocycles. The Labute approximate surface area is 138 Å². The fourth-order valence-electron chi connectivity index (χ4n) is 3.41. The number of hydrogen-bond donors (Lipinski definition) is 3. The van der Waals surface area contributed by atoms with E-state index in [4.69, 9.17) is 0 Å². The van der Waals surface area contributed by atoms with Crippen molar-refractivity contribution in [3.8, 4) is 0 Å². The summed E-state index contributed by atoms with van der Waals surface area (Å²) in [6, 6.07) is 10.3. The number of benzene rings is 1. The van der Waals surface area contributed by atoms with Crippen molar-refractivity contribution in [2.75, 3.05) is 19.6 Å². The number of aliphatic hydroxyl groups is 1. The summed E-state index contributed by atoms with van der Waals surface area (Å²) in [6.07, 6.45) is 3.56. The summed E-state index contributed by atoms with van der Waals surface area (Å²) in [5.41, 5.74) is 1.01. The quantitative estimate of drug-likeness (QED) is 0.769. The van der Waals surface area contributed by atoms with Gasteiger partial charge in [-0.05, 0) is 24.8 Å². The second-order valence-electron chi connectivity index (χ2n) is 6.49. The zero-order valence-corrected chi connectivity index (χ0v) is 13.6. The predicted octanol–water partition coefficient (Wildman–Crippen LogP) is 1.52. The Morgan fingerprint density at radius 3 is 2.55 bits per heavy atom. The molecule has 22 heavy (non-hydrogen) atoms. The van der Waals surface area contributed by atoms with Crippen LogP contribution in [-0.4, -0.2) is 36.8 Å². The lowest BCUT2D eigenvalue weighted by atomic mass is 9.64. The van der Waals surface area contributed by atoms with E-state index in [-0.39, 0.29) is 35.8 Å². The van der Waals surface area contributed by atoms with Gasteiger partial charge in [0.2, 0.25) is 5.91 Å². The molecule has 0 bridgehead atoms. The van der Waals surface area contributed by atoms with Gasteiger partial charge >= 0.3 is 0 Å². The molecule has 0 radical (unpaired) electrons. The third-order valence-electron chi connectivity index (χ3n) is 5.01. The Hall–Kier alpha value is -1.10. The fraction of sp³-hybridized carbons (Fsp3) is 0.588. The lowest BCUT2D eigenvalue weighted by molar-refractivity contribution is -0.136. The van der Waals surface area contributed by atoms with E-state index >= 15 is 0 Å². The molecule has 1 aliphatic carbocycles. The van der Waals surface area contributed by atoms with Crippen molar-refractivity contribution in [2.45, 2.75) is 31.8 Å². The highest BCUT2D eigenvalue weighted by molar-refractivity contribution is 5.85. The lowest BCUT2D eigenvalue weighted by Gasteiger charge is -2.40. The molecule has 2 unspecified atom stereocenters. The third-order valence-corrected chi connectivity index (χ3v) is 5.01. The monoisotopic (exact) mass is 324 g/mol. The minimum Gasteiger partial charge on any atom is -0.391 e. The summed E-state index contributed by atoms with van der Waals surface area (Å²) in [4.78, 5) is 12.6. The zero-order chi connectivity index (χ0) is 14.7. The minimum atomic E-state index is -0.336. The molecule has 1 heterocycles. The second kappa shape index (κ2) is 7.44. The van der Waals surface area contributed by atoms with Crippen molar-refractivity contribution >= 4 is 18.3 Å². The van der Waals surface area contributed by atoms with Crippen LogP contribution < -0.4 is 10.6 Å². The highest BCUT2D eigenvalue weighted by Gasteiger charge is 2.44. The van der Waals surface area contributed by atoms with Crippen LogP contribution in [0.2, 0.25) is 0 Å². The van der Waals surface area contributed by atoms with Crippen molar-refractivity contribution in [3.05, 3.63) is 35.9 Å². The average molecular weight is 325 g/mol. The molecule has 122 valence electrons. The lowest BCUT2D eigenvalue weighted by Crippen LogP contribution is -2.49. The van der Waals surface area contributed by atoms with Gasteiger partial charge in [-0.1, -0.05) is 36.8 Å². The first-order valence-corrected chi connectivity index (χ1v) is 7.91. The van der Waals surface area contributed by atoms with Crippen molar-refractivity contribution < 1.29 is 9.90 Å². The Bertz CT molecular complexity index is 491. The molecule has 1 amide bonds. The summed E-state index contributed by atoms with van der Waals surface area (Å²) in [5, 5.41) is 16.0. The van der Waals surface area contributed by atoms with Crippen LogP contribution in [0.3, 0.4) is 0 Å². The van der Waals surface area contributed by atoms with Crippen LogP contribution in [0.25, 0.3) is 0 Å². The molecule has 0 spiro atoms. The molecular weight excluding hydrogens is 300 g/mol. The molecule has 3 rings (SSSR count). The van der Waals surface area contributed by atoms with Crippen LogP contribution >= 0.6 is 12.4 Å². The number of aliphatic hydroxyl groups excluding tert-OH is 1. The second-order valence-corrected chi connectivity index (χ2v) is 6.49. The van der Waals surface area contributed by atoms with Crippen LogP contribution in [0.4, 0.5) is 0 Å². The number of carbonyl (C=O) groups is 1. The SMILES string of the molecule is Cl.O=C(NCC1CNCC1O)C1(Cc2ccccc2)CCC1. The maximum atomic E-state index is 12.6. The first-order valence-electron chi connectivity index (χ1n) is 7.91. The smallest absolute Gasteiger partial charge is 0.226 e. The molecule has 0 aromatic heterocycles. The van der Waals surface area contributed by atoms with Crippen LogP contribution in [0.5, 0.6) is 0 Å². The fourth-order valence-corrected chi connectivity index (χ4v) is 3.41. The predicted molar refractivity (Wildman–Crippen MR) is 89.1 cm³/mol. The number of nitrogens with one attached hydrogen (secondary N) is 2. The van der Waals surface area contributed by atoms with Crippen LogP contribution in [0.1, 0.15) is 24.8 Å². The van der Waals surface area contributed by atoms with Crippen LogP contribution in [-0.2, 0) is 11.2 Å². The van der Waals surface area contributed by atoms with Crippen LogP contribution in [0, 0.1) is 11.3 Å². The van der Waals surface area contributed by atoms with Crippen molar-refractivity contribution in [2.24, 2.45) is 11.3 Å². The van der Waals surface area contributed by atoms with Gasteiger partial charge in [-0.2, -0.15) is 0 Å². The van der Waals surface area contributed by atoms with Crippen molar-refractivity contribution in [3.63, 3.8) is 0 Å². The molecule has 2 aliphatic rings. The average Bonchev–Trinajstić information content (AvgIpc) is 2.87. The Kier molecular flexibility index (Phi) is 5.84. The molecule has 5 heteroatoms. The van der Waals surface area contributed by atoms with E-state index in [0.717, 1.165) is 32.2 Å². The molecular formula is C17H25ClN2O2. The van der Waals surface area contributed by atoms with Gasteiger partial charge < -0.3 is 15.7 Å². The molecule has 1 aromatic rings. The number of halogens is 1. The summed E-state index contributed by atoms with van der Waals surface area (Å²) in [6.45, 7) is 1.99.